The van der Waals surface area contributed by atoms with Crippen molar-refractivity contribution in [3.63, 3.8) is 0 Å². The minimum atomic E-state index is -3.84. The van der Waals surface area contributed by atoms with E-state index in [9.17, 15) is 13.2 Å². The Kier molecular flexibility index (Phi) is 4.22. The van der Waals surface area contributed by atoms with Crippen molar-refractivity contribution in [2.24, 2.45) is 7.05 Å². The van der Waals surface area contributed by atoms with E-state index in [2.05, 4.69) is 31.0 Å². The molecule has 0 amide bonds. The van der Waals surface area contributed by atoms with Gasteiger partial charge in [-0.05, 0) is 15.9 Å². The van der Waals surface area contributed by atoms with E-state index in [4.69, 9.17) is 0 Å². The van der Waals surface area contributed by atoms with Gasteiger partial charge in [-0.2, -0.15) is 4.31 Å². The van der Waals surface area contributed by atoms with Crippen LogP contribution in [0.25, 0.3) is 0 Å². The van der Waals surface area contributed by atoms with E-state index >= 15 is 0 Å². The summed E-state index contributed by atoms with van der Waals surface area (Å²) in [7, 11) is 0.0569. The fourth-order valence-electron chi connectivity index (χ4n) is 1.08. The summed E-state index contributed by atoms with van der Waals surface area (Å²) in [6.45, 7) is -0.379. The molecule has 0 aromatic carbocycles. The van der Waals surface area contributed by atoms with Gasteiger partial charge in [0, 0.05) is 14.1 Å². The first-order chi connectivity index (χ1) is 7.80. The molecule has 0 aliphatic heterocycles. The van der Waals surface area contributed by atoms with Crippen LogP contribution >= 0.6 is 15.9 Å². The highest BCUT2D eigenvalue weighted by Gasteiger charge is 2.29. The zero-order valence-corrected chi connectivity index (χ0v) is 11.8. The Morgan fingerprint density at radius 3 is 2.59 bits per heavy atom. The van der Waals surface area contributed by atoms with Crippen LogP contribution in [-0.4, -0.2) is 54.4 Å². The molecular weight excluding hydrogens is 316 g/mol. The Morgan fingerprint density at radius 2 is 2.18 bits per heavy atom. The topological polar surface area (TPSA) is 94.4 Å². The molecule has 8 nitrogen and oxygen atoms in total. The second kappa shape index (κ2) is 5.10. The summed E-state index contributed by atoms with van der Waals surface area (Å²) >= 11 is 2.99. The van der Waals surface area contributed by atoms with Gasteiger partial charge in [0.05, 0.1) is 7.11 Å². The first kappa shape index (κ1) is 14.1. The normalized spacial score (nSPS) is 11.8. The van der Waals surface area contributed by atoms with Crippen LogP contribution in [0.15, 0.2) is 9.63 Å². The van der Waals surface area contributed by atoms with E-state index in [0.717, 1.165) is 8.99 Å². The highest BCUT2D eigenvalue weighted by Crippen LogP contribution is 2.20. The number of carbonyl (C=O) groups is 1. The van der Waals surface area contributed by atoms with Gasteiger partial charge in [-0.15, -0.1) is 5.10 Å². The third kappa shape index (κ3) is 2.82. The number of likely N-dealkylation sites (N-methyl/N-ethyl adjacent to an activating group) is 1. The van der Waals surface area contributed by atoms with Gasteiger partial charge in [-0.25, -0.2) is 13.1 Å². The molecule has 0 radical (unpaired) electrons. The van der Waals surface area contributed by atoms with E-state index in [1.165, 1.54) is 21.2 Å². The molecule has 0 atom stereocenters. The number of nitrogens with zero attached hydrogens (tertiary/aromatic N) is 4. The Bertz CT molecular complexity index is 506. The SMILES string of the molecule is COC(=O)CN(C)S(=O)(=O)c1c(Br)nnn1C. The van der Waals surface area contributed by atoms with Gasteiger partial charge < -0.3 is 4.74 Å². The van der Waals surface area contributed by atoms with E-state index < -0.39 is 16.0 Å². The quantitative estimate of drug-likeness (QED) is 0.684. The monoisotopic (exact) mass is 326 g/mol. The van der Waals surface area contributed by atoms with E-state index in [0.29, 0.717) is 0 Å². The number of methoxy groups -OCH3 is 1. The average molecular weight is 327 g/mol. The third-order valence-electron chi connectivity index (χ3n) is 1.97. The van der Waals surface area contributed by atoms with Crippen molar-refractivity contribution in [2.45, 2.75) is 5.03 Å². The lowest BCUT2D eigenvalue weighted by atomic mass is 10.7. The second-order valence-corrected chi connectivity index (χ2v) is 5.86. The molecule has 0 spiro atoms. The van der Waals surface area contributed by atoms with Crippen molar-refractivity contribution in [1.29, 1.82) is 0 Å². The molecule has 0 aliphatic carbocycles. The van der Waals surface area contributed by atoms with Gasteiger partial charge in [-0.1, -0.05) is 5.21 Å². The molecule has 1 heterocycles. The Morgan fingerprint density at radius 1 is 1.59 bits per heavy atom. The van der Waals surface area contributed by atoms with Crippen LogP contribution in [0.2, 0.25) is 0 Å². The fraction of sp³-hybridized carbons (Fsp3) is 0.571. The predicted molar refractivity (Wildman–Crippen MR) is 60.5 cm³/mol. The number of hydrogen-bond acceptors (Lipinski definition) is 6. The van der Waals surface area contributed by atoms with Crippen LogP contribution in [0.5, 0.6) is 0 Å². The highest BCUT2D eigenvalue weighted by atomic mass is 79.9. The number of hydrogen-bond donors (Lipinski definition) is 0. The molecule has 1 aromatic rings. The number of rotatable bonds is 4. The van der Waals surface area contributed by atoms with E-state index in [1.807, 2.05) is 0 Å². The average Bonchev–Trinajstić information content (AvgIpc) is 2.58. The first-order valence-electron chi connectivity index (χ1n) is 4.39. The van der Waals surface area contributed by atoms with Crippen LogP contribution in [-0.2, 0) is 26.6 Å². The first-order valence-corrected chi connectivity index (χ1v) is 6.62. The van der Waals surface area contributed by atoms with E-state index in [1.54, 1.807) is 0 Å². The Balaban J connectivity index is 3.08. The third-order valence-corrected chi connectivity index (χ3v) is 4.66. The number of sulfonamides is 1. The second-order valence-electron chi connectivity index (χ2n) is 3.15. The number of carbonyl (C=O) groups excluding carboxylic acids is 1. The molecule has 0 saturated heterocycles. The summed E-state index contributed by atoms with van der Waals surface area (Å²) in [5.74, 6) is -0.651. The van der Waals surface area contributed by atoms with Crippen LogP contribution in [0.1, 0.15) is 0 Å². The summed E-state index contributed by atoms with van der Waals surface area (Å²) in [5, 5.41) is 7.01. The summed E-state index contributed by atoms with van der Waals surface area (Å²) in [5.41, 5.74) is 0. The van der Waals surface area contributed by atoms with Gasteiger partial charge >= 0.3 is 5.97 Å². The summed E-state index contributed by atoms with van der Waals surface area (Å²) < 4.78 is 30.6. The van der Waals surface area contributed by atoms with Crippen LogP contribution in [0.4, 0.5) is 0 Å². The number of halogens is 1. The smallest absolute Gasteiger partial charge is 0.321 e. The van der Waals surface area contributed by atoms with Crippen LogP contribution in [0.3, 0.4) is 0 Å². The van der Waals surface area contributed by atoms with Crippen molar-refractivity contribution in [1.82, 2.24) is 19.3 Å². The minimum Gasteiger partial charge on any atom is -0.468 e. The van der Waals surface area contributed by atoms with Crippen LogP contribution in [0, 0.1) is 0 Å². The molecule has 1 rings (SSSR count). The molecule has 10 heteroatoms. The fourth-order valence-corrected chi connectivity index (χ4v) is 3.21. The zero-order chi connectivity index (χ0) is 13.2. The molecule has 0 N–H and O–H groups in total. The maximum absolute atomic E-state index is 12.1. The summed E-state index contributed by atoms with van der Waals surface area (Å²) in [6.07, 6.45) is 0. The molecule has 0 saturated carbocycles. The zero-order valence-electron chi connectivity index (χ0n) is 9.42. The number of esters is 1. The maximum Gasteiger partial charge on any atom is 0.321 e. The van der Waals surface area contributed by atoms with Crippen molar-refractivity contribution >= 4 is 31.9 Å². The molecule has 17 heavy (non-hydrogen) atoms. The summed E-state index contributed by atoms with van der Waals surface area (Å²) in [4.78, 5) is 11.0. The van der Waals surface area contributed by atoms with Crippen molar-refractivity contribution in [3.8, 4) is 0 Å². The van der Waals surface area contributed by atoms with Crippen LogP contribution < -0.4 is 0 Å². The highest BCUT2D eigenvalue weighted by molar-refractivity contribution is 9.10. The lowest BCUT2D eigenvalue weighted by Crippen LogP contribution is -2.34. The van der Waals surface area contributed by atoms with Crippen molar-refractivity contribution in [3.05, 3.63) is 4.60 Å². The number of ether oxygens (including phenoxy) is 1. The Labute approximate surface area is 107 Å². The van der Waals surface area contributed by atoms with Crippen molar-refractivity contribution in [2.75, 3.05) is 20.7 Å². The molecule has 0 fully saturated rings. The Hall–Kier alpha value is -1.00. The lowest BCUT2D eigenvalue weighted by molar-refractivity contribution is -0.140. The lowest BCUT2D eigenvalue weighted by Gasteiger charge is -2.15. The van der Waals surface area contributed by atoms with Gasteiger partial charge in [0.25, 0.3) is 10.0 Å². The molecule has 1 aromatic heterocycles. The molecule has 0 aliphatic rings. The number of aromatic nitrogens is 3. The van der Waals surface area contributed by atoms with Gasteiger partial charge in [0.2, 0.25) is 5.03 Å². The number of aryl methyl sites for hydroxylation is 1. The molecular formula is C7H11BrN4O4S. The maximum atomic E-state index is 12.1. The molecule has 96 valence electrons. The molecule has 0 unspecified atom stereocenters. The van der Waals surface area contributed by atoms with Gasteiger partial charge in [-0.3, -0.25) is 4.79 Å². The van der Waals surface area contributed by atoms with Crippen molar-refractivity contribution < 1.29 is 17.9 Å². The minimum absolute atomic E-state index is 0.0942. The van der Waals surface area contributed by atoms with E-state index in [-0.39, 0.29) is 16.2 Å². The predicted octanol–water partition coefficient (Wildman–Crippen LogP) is -0.629. The molecule has 0 bridgehead atoms. The summed E-state index contributed by atoms with van der Waals surface area (Å²) in [6, 6.07) is 0. The van der Waals surface area contributed by atoms with Gasteiger partial charge in [0.1, 0.15) is 6.54 Å². The standard InChI is InChI=1S/C7H11BrN4O4S/c1-11(4-5(13)16-3)17(14,15)7-6(8)9-10-12(7)2/h4H2,1-3H3. The largest absolute Gasteiger partial charge is 0.468 e. The van der Waals surface area contributed by atoms with Gasteiger partial charge in [0.15, 0.2) is 4.60 Å².